The zero-order valence-electron chi connectivity index (χ0n) is 23.7. The molecule has 11 nitrogen and oxygen atoms in total. The summed E-state index contributed by atoms with van der Waals surface area (Å²) in [5.41, 5.74) is 12.6. The lowest BCUT2D eigenvalue weighted by molar-refractivity contribution is -0.112. The maximum Gasteiger partial charge on any atom is 0.405 e. The van der Waals surface area contributed by atoms with Gasteiger partial charge in [0.05, 0.1) is 23.6 Å². The number of allylic oxidation sites excluding steroid dienone is 2. The molecule has 8 N–H and O–H groups in total. The van der Waals surface area contributed by atoms with Gasteiger partial charge in [-0.15, -0.1) is 12.4 Å². The molecule has 0 fully saturated rings. The Morgan fingerprint density at radius 1 is 1.15 bits per heavy atom. The fourth-order valence-electron chi connectivity index (χ4n) is 4.63. The number of hydrogen-bond acceptors (Lipinski definition) is 9. The number of nitrogens with two attached hydrogens (primary N) is 2. The summed E-state index contributed by atoms with van der Waals surface area (Å²) in [5, 5.41) is 35.0. The number of carbonyl (C=O) groups is 2. The number of fused-ring (bicyclic) bond motifs is 2. The molecule has 0 radical (unpaired) electrons. The Labute approximate surface area is 241 Å². The Bertz CT molecular complexity index is 1140. The number of methoxy groups -OCH3 is 2. The number of halogens is 1. The summed E-state index contributed by atoms with van der Waals surface area (Å²) in [5.74, 6) is -1.63. The van der Waals surface area contributed by atoms with Gasteiger partial charge < -0.3 is 46.3 Å². The van der Waals surface area contributed by atoms with Crippen LogP contribution in [0.4, 0.5) is 16.2 Å². The van der Waals surface area contributed by atoms with Gasteiger partial charge in [-0.2, -0.15) is 0 Å². The summed E-state index contributed by atoms with van der Waals surface area (Å²) in [6, 6.07) is 1.19. The van der Waals surface area contributed by atoms with Crippen LogP contribution >= 0.6 is 12.4 Å². The molecule has 1 aromatic rings. The molecule has 2 rings (SSSR count). The second-order valence-electron chi connectivity index (χ2n) is 10.0. The van der Waals surface area contributed by atoms with E-state index in [0.717, 1.165) is 0 Å². The molecule has 1 aliphatic rings. The molecule has 224 valence electrons. The molecule has 40 heavy (non-hydrogen) atoms. The highest BCUT2D eigenvalue weighted by Gasteiger charge is 2.30. The van der Waals surface area contributed by atoms with Crippen LogP contribution in [0.15, 0.2) is 41.5 Å². The summed E-state index contributed by atoms with van der Waals surface area (Å²) >= 11 is 0. The van der Waals surface area contributed by atoms with Crippen LogP contribution in [0.3, 0.4) is 0 Å². The van der Waals surface area contributed by atoms with Crippen molar-refractivity contribution < 1.29 is 39.1 Å². The van der Waals surface area contributed by atoms with Crippen LogP contribution in [0.2, 0.25) is 0 Å². The molecular weight excluding hydrogens is 542 g/mol. The van der Waals surface area contributed by atoms with E-state index < -0.39 is 42.3 Å². The normalized spacial score (nSPS) is 30.0. The summed E-state index contributed by atoms with van der Waals surface area (Å²) in [6.45, 7) is 7.01. The zero-order valence-corrected chi connectivity index (χ0v) is 24.5. The number of aliphatic hydroxyl groups excluding tert-OH is 1. The number of carbonyl (C=O) groups excluding carboxylic acids is 2. The molecule has 0 saturated carbocycles. The number of nitrogens with one attached hydrogen (secondary N) is 1. The topological polar surface area (TPSA) is 187 Å². The van der Waals surface area contributed by atoms with Crippen molar-refractivity contribution in [2.75, 3.05) is 25.3 Å². The lowest BCUT2D eigenvalue weighted by atomic mass is 9.87. The number of ether oxygens (including phenoxy) is 3. The quantitative estimate of drug-likeness (QED) is 0.134. The van der Waals surface area contributed by atoms with Gasteiger partial charge in [0.15, 0.2) is 6.10 Å². The van der Waals surface area contributed by atoms with Crippen molar-refractivity contribution in [2.45, 2.75) is 65.0 Å². The molecule has 12 heteroatoms. The van der Waals surface area contributed by atoms with E-state index in [1.165, 1.54) is 26.4 Å². The predicted molar refractivity (Wildman–Crippen MR) is 155 cm³/mol. The van der Waals surface area contributed by atoms with Crippen molar-refractivity contribution >= 4 is 35.8 Å². The monoisotopic (exact) mass is 583 g/mol. The highest BCUT2D eigenvalue weighted by molar-refractivity contribution is 6.04. The van der Waals surface area contributed by atoms with Crippen molar-refractivity contribution in [1.82, 2.24) is 0 Å². The number of amides is 2. The van der Waals surface area contributed by atoms with Crippen LogP contribution in [-0.4, -0.2) is 66.0 Å². The van der Waals surface area contributed by atoms with Crippen LogP contribution < -0.4 is 16.8 Å². The highest BCUT2D eigenvalue weighted by atomic mass is 35.5. The van der Waals surface area contributed by atoms with E-state index in [4.69, 9.17) is 25.7 Å². The van der Waals surface area contributed by atoms with Crippen LogP contribution in [-0.2, 0) is 25.4 Å². The first kappa shape index (κ1) is 34.8. The van der Waals surface area contributed by atoms with E-state index in [-0.39, 0.29) is 58.8 Å². The van der Waals surface area contributed by atoms with Crippen LogP contribution in [0.25, 0.3) is 0 Å². The van der Waals surface area contributed by atoms with Gasteiger partial charge in [-0.1, -0.05) is 38.2 Å². The molecule has 1 heterocycles. The second kappa shape index (κ2) is 15.5. The minimum atomic E-state index is -0.992. The van der Waals surface area contributed by atoms with Gasteiger partial charge >= 0.3 is 6.09 Å². The van der Waals surface area contributed by atoms with Gasteiger partial charge in [-0.05, 0) is 38.2 Å². The van der Waals surface area contributed by atoms with Crippen molar-refractivity contribution in [3.05, 3.63) is 47.1 Å². The smallest absolute Gasteiger partial charge is 0.405 e. The molecule has 0 saturated heterocycles. The number of rotatable bonds is 3. The van der Waals surface area contributed by atoms with Crippen LogP contribution in [0.5, 0.6) is 11.5 Å². The number of aliphatic hydroxyl groups is 1. The molecule has 1 aromatic carbocycles. The van der Waals surface area contributed by atoms with Gasteiger partial charge in [0, 0.05) is 37.3 Å². The van der Waals surface area contributed by atoms with Crippen LogP contribution in [0.1, 0.15) is 39.7 Å². The molecule has 6 atom stereocenters. The maximum atomic E-state index is 12.8. The number of hydrogen-bond donors (Lipinski definition) is 6. The number of aromatic hydroxyl groups is 2. The minimum Gasteiger partial charge on any atom is -0.506 e. The van der Waals surface area contributed by atoms with E-state index >= 15 is 0 Å². The van der Waals surface area contributed by atoms with Gasteiger partial charge in [0.2, 0.25) is 0 Å². The first-order valence-corrected chi connectivity index (χ1v) is 12.7. The van der Waals surface area contributed by atoms with Crippen molar-refractivity contribution in [3.8, 4) is 11.5 Å². The molecule has 2 bridgehead atoms. The zero-order chi connectivity index (χ0) is 29.4. The van der Waals surface area contributed by atoms with Crippen LogP contribution in [0, 0.1) is 11.8 Å². The van der Waals surface area contributed by atoms with Gasteiger partial charge in [-0.25, -0.2) is 4.79 Å². The third-order valence-electron chi connectivity index (χ3n) is 6.87. The van der Waals surface area contributed by atoms with E-state index in [1.54, 1.807) is 39.0 Å². The van der Waals surface area contributed by atoms with Crippen molar-refractivity contribution in [1.29, 1.82) is 0 Å². The molecule has 0 aliphatic carbocycles. The van der Waals surface area contributed by atoms with E-state index in [1.807, 2.05) is 6.92 Å². The molecule has 2 amide bonds. The standard InChI is InChI=1S/C28H41N3O8.ClH/c1-14-10-18-23(29)20(32)13-19(25(18)34)31-27(35)15(2)8-7-9-21(37-5)26(39-28(30)36)17(4)12-16(3)24(33)22(11-14)38-6;/h7-9,12-14,16,21-22,24,26,32-34H,10-11,29H2,1-6H3,(H2,30,36)(H,31,35);1H/b9-7-,15-8-,17-12-;/t14-,16+,21-,22-,24+,26-;/m1./s1. The van der Waals surface area contributed by atoms with Gasteiger partial charge in [0.25, 0.3) is 5.91 Å². The summed E-state index contributed by atoms with van der Waals surface area (Å²) in [7, 11) is 2.93. The SMILES string of the molecule is CO[C@@H]1/C=C\C=C(\C)C(=O)Nc2cc(O)c(N)c(c2O)C[C@@H](C)C[C@@H](OC)[C@@H](O)[C@@H](C)/C=C(/C)[C@H]1OC(N)=O.Cl. The average Bonchev–Trinajstić information content (AvgIpc) is 2.88. The number of primary amides is 1. The largest absolute Gasteiger partial charge is 0.506 e. The van der Waals surface area contributed by atoms with Crippen molar-refractivity contribution in [2.24, 2.45) is 17.6 Å². The summed E-state index contributed by atoms with van der Waals surface area (Å²) < 4.78 is 16.5. The number of anilines is 2. The lowest BCUT2D eigenvalue weighted by Gasteiger charge is -2.29. The van der Waals surface area contributed by atoms with E-state index in [0.29, 0.717) is 12.0 Å². The third kappa shape index (κ3) is 8.88. The number of benzene rings is 1. The van der Waals surface area contributed by atoms with Gasteiger partial charge in [0.1, 0.15) is 17.6 Å². The molecular formula is C28H42ClN3O8. The van der Waals surface area contributed by atoms with Crippen molar-refractivity contribution in [3.63, 3.8) is 0 Å². The first-order chi connectivity index (χ1) is 18.3. The number of phenols is 2. The molecule has 0 spiro atoms. The Hall–Kier alpha value is -3.25. The fraction of sp³-hybridized carbons (Fsp3) is 0.500. The minimum absolute atomic E-state index is 0. The second-order valence-corrected chi connectivity index (χ2v) is 10.0. The van der Waals surface area contributed by atoms with E-state index in [2.05, 4.69) is 5.32 Å². The summed E-state index contributed by atoms with van der Waals surface area (Å²) in [4.78, 5) is 24.5. The Balaban J connectivity index is 0.00000800. The molecule has 0 aromatic heterocycles. The van der Waals surface area contributed by atoms with E-state index in [9.17, 15) is 24.9 Å². The number of nitrogen functional groups attached to an aromatic ring is 1. The fourth-order valence-corrected chi connectivity index (χ4v) is 4.63. The average molecular weight is 584 g/mol. The maximum absolute atomic E-state index is 12.8. The lowest BCUT2D eigenvalue weighted by Crippen LogP contribution is -2.37. The Morgan fingerprint density at radius 3 is 2.38 bits per heavy atom. The highest BCUT2D eigenvalue weighted by Crippen LogP contribution is 2.40. The Kier molecular flexibility index (Phi) is 13.5. The Morgan fingerprint density at radius 2 is 1.80 bits per heavy atom. The summed E-state index contributed by atoms with van der Waals surface area (Å²) in [6.07, 6.45) is 2.90. The third-order valence-corrected chi connectivity index (χ3v) is 6.87. The molecule has 0 unspecified atom stereocenters. The molecule has 1 aliphatic heterocycles. The first-order valence-electron chi connectivity index (χ1n) is 12.7. The predicted octanol–water partition coefficient (Wildman–Crippen LogP) is 3.56. The number of phenolic OH excluding ortho intramolecular Hbond substituents is 2. The van der Waals surface area contributed by atoms with Gasteiger partial charge in [-0.3, -0.25) is 4.79 Å².